The molecular formula is C9H8ClF3N2O3S. The molecule has 19 heavy (non-hydrogen) atoms. The number of hydrogen-bond acceptors (Lipinski definition) is 3. The van der Waals surface area contributed by atoms with Crippen molar-refractivity contribution in [1.82, 2.24) is 4.72 Å². The molecule has 0 atom stereocenters. The summed E-state index contributed by atoms with van der Waals surface area (Å²) in [5, 5.41) is -0.263. The first-order valence-electron chi connectivity index (χ1n) is 4.69. The quantitative estimate of drug-likeness (QED) is 0.872. The predicted octanol–water partition coefficient (Wildman–Crippen LogP) is 1.12. The summed E-state index contributed by atoms with van der Waals surface area (Å²) in [7, 11) is -4.52. The third kappa shape index (κ3) is 4.08. The van der Waals surface area contributed by atoms with Crippen LogP contribution >= 0.6 is 11.6 Å². The van der Waals surface area contributed by atoms with Crippen molar-refractivity contribution in [3.63, 3.8) is 0 Å². The Morgan fingerprint density at radius 2 is 1.95 bits per heavy atom. The molecule has 0 bridgehead atoms. The van der Waals surface area contributed by atoms with E-state index in [2.05, 4.69) is 0 Å². The number of carbonyl (C=O) groups is 1. The Bertz CT molecular complexity index is 601. The number of rotatable bonds is 4. The molecule has 106 valence electrons. The summed E-state index contributed by atoms with van der Waals surface area (Å²) in [5.74, 6) is -1.02. The molecule has 5 nitrogen and oxygen atoms in total. The van der Waals surface area contributed by atoms with Gasteiger partial charge in [0, 0.05) is 5.02 Å². The molecular weight excluding hydrogens is 309 g/mol. The summed E-state index contributed by atoms with van der Waals surface area (Å²) in [6.07, 6.45) is -4.90. The van der Waals surface area contributed by atoms with Gasteiger partial charge in [0.05, 0.1) is 17.0 Å². The summed E-state index contributed by atoms with van der Waals surface area (Å²) in [5.41, 5.74) is 3.30. The number of benzene rings is 1. The third-order valence-corrected chi connectivity index (χ3v) is 3.67. The average molecular weight is 317 g/mol. The van der Waals surface area contributed by atoms with Gasteiger partial charge in [0.1, 0.15) is 0 Å². The second kappa shape index (κ2) is 5.35. The fraction of sp³-hybridized carbons (Fsp3) is 0.222. The van der Waals surface area contributed by atoms with Crippen LogP contribution in [0.3, 0.4) is 0 Å². The van der Waals surface area contributed by atoms with E-state index in [4.69, 9.17) is 17.3 Å². The maximum Gasteiger partial charge on any atom is 0.417 e. The molecule has 10 heteroatoms. The molecule has 1 aromatic carbocycles. The summed E-state index contributed by atoms with van der Waals surface area (Å²) in [6.45, 7) is -0.803. The largest absolute Gasteiger partial charge is 0.417 e. The van der Waals surface area contributed by atoms with Gasteiger partial charge in [-0.1, -0.05) is 11.6 Å². The van der Waals surface area contributed by atoms with Gasteiger partial charge in [0.15, 0.2) is 0 Å². The highest BCUT2D eigenvalue weighted by Crippen LogP contribution is 2.35. The van der Waals surface area contributed by atoms with Crippen LogP contribution < -0.4 is 10.5 Å². The van der Waals surface area contributed by atoms with E-state index in [-0.39, 0.29) is 5.02 Å². The number of alkyl halides is 3. The molecule has 1 aromatic rings. The number of primary amides is 1. The molecule has 3 N–H and O–H groups in total. The molecule has 0 radical (unpaired) electrons. The van der Waals surface area contributed by atoms with Crippen molar-refractivity contribution >= 4 is 27.5 Å². The summed E-state index contributed by atoms with van der Waals surface area (Å²) in [4.78, 5) is 9.44. The molecule has 0 aliphatic rings. The molecule has 0 unspecified atom stereocenters. The lowest BCUT2D eigenvalue weighted by Gasteiger charge is -2.13. The SMILES string of the molecule is NC(=O)CNS(=O)(=O)c1ccc(Cl)cc1C(F)(F)F. The van der Waals surface area contributed by atoms with Crippen LogP contribution in [-0.2, 0) is 21.0 Å². The fourth-order valence-electron chi connectivity index (χ4n) is 1.20. The van der Waals surface area contributed by atoms with Gasteiger partial charge in [0.25, 0.3) is 0 Å². The number of carbonyl (C=O) groups excluding carboxylic acids is 1. The van der Waals surface area contributed by atoms with Crippen LogP contribution in [0.25, 0.3) is 0 Å². The Hall–Kier alpha value is -1.32. The minimum Gasteiger partial charge on any atom is -0.369 e. The minimum atomic E-state index is -4.90. The highest BCUT2D eigenvalue weighted by atomic mass is 35.5. The number of amides is 1. The lowest BCUT2D eigenvalue weighted by molar-refractivity contribution is -0.139. The van der Waals surface area contributed by atoms with E-state index < -0.39 is 39.1 Å². The maximum atomic E-state index is 12.7. The lowest BCUT2D eigenvalue weighted by Crippen LogP contribution is -2.34. The normalized spacial score (nSPS) is 12.4. The molecule has 0 heterocycles. The number of nitrogens with one attached hydrogen (secondary N) is 1. The van der Waals surface area contributed by atoms with Crippen LogP contribution in [-0.4, -0.2) is 20.9 Å². The molecule has 0 aliphatic carbocycles. The zero-order valence-electron chi connectivity index (χ0n) is 9.16. The highest BCUT2D eigenvalue weighted by molar-refractivity contribution is 7.89. The van der Waals surface area contributed by atoms with Gasteiger partial charge in [-0.25, -0.2) is 13.1 Å². The van der Waals surface area contributed by atoms with Gasteiger partial charge in [-0.3, -0.25) is 4.79 Å². The maximum absolute atomic E-state index is 12.7. The van der Waals surface area contributed by atoms with E-state index >= 15 is 0 Å². The van der Waals surface area contributed by atoms with Crippen molar-refractivity contribution in [2.24, 2.45) is 5.73 Å². The Balaban J connectivity index is 3.31. The van der Waals surface area contributed by atoms with E-state index in [0.717, 1.165) is 6.07 Å². The van der Waals surface area contributed by atoms with Crippen molar-refractivity contribution in [1.29, 1.82) is 0 Å². The molecule has 1 rings (SSSR count). The second-order valence-electron chi connectivity index (χ2n) is 3.43. The molecule has 0 saturated heterocycles. The van der Waals surface area contributed by atoms with Crippen molar-refractivity contribution in [3.8, 4) is 0 Å². The van der Waals surface area contributed by atoms with Crippen LogP contribution in [0, 0.1) is 0 Å². The van der Waals surface area contributed by atoms with Crippen LogP contribution in [0.2, 0.25) is 5.02 Å². The monoisotopic (exact) mass is 316 g/mol. The number of hydrogen-bond donors (Lipinski definition) is 2. The Morgan fingerprint density at radius 3 is 2.42 bits per heavy atom. The Morgan fingerprint density at radius 1 is 1.37 bits per heavy atom. The van der Waals surface area contributed by atoms with Crippen LogP contribution in [0.5, 0.6) is 0 Å². The van der Waals surface area contributed by atoms with Crippen molar-refractivity contribution in [2.75, 3.05) is 6.54 Å². The first kappa shape index (κ1) is 15.7. The van der Waals surface area contributed by atoms with E-state index in [1.54, 1.807) is 4.72 Å². The van der Waals surface area contributed by atoms with E-state index in [9.17, 15) is 26.4 Å². The van der Waals surface area contributed by atoms with Gasteiger partial charge >= 0.3 is 6.18 Å². The van der Waals surface area contributed by atoms with Crippen molar-refractivity contribution in [3.05, 3.63) is 28.8 Å². The van der Waals surface area contributed by atoms with Gasteiger partial charge in [0.2, 0.25) is 15.9 Å². The van der Waals surface area contributed by atoms with Crippen LogP contribution in [0.15, 0.2) is 23.1 Å². The lowest BCUT2D eigenvalue weighted by atomic mass is 10.2. The molecule has 0 spiro atoms. The summed E-state index contributed by atoms with van der Waals surface area (Å²) < 4.78 is 63.1. The zero-order chi connectivity index (χ0) is 14.8. The van der Waals surface area contributed by atoms with Crippen molar-refractivity contribution < 1.29 is 26.4 Å². The van der Waals surface area contributed by atoms with Crippen LogP contribution in [0.1, 0.15) is 5.56 Å². The molecule has 0 aromatic heterocycles. The molecule has 0 saturated carbocycles. The standard InChI is InChI=1S/C9H8ClF3N2O3S/c10-5-1-2-7(6(3-5)9(11,12)13)19(17,18)15-4-8(14)16/h1-3,15H,4H2,(H2,14,16). The minimum absolute atomic E-state index is 0.263. The molecule has 0 fully saturated rings. The average Bonchev–Trinajstić information content (AvgIpc) is 2.25. The summed E-state index contributed by atoms with van der Waals surface area (Å²) in [6, 6.07) is 2.19. The van der Waals surface area contributed by atoms with Gasteiger partial charge in [-0.15, -0.1) is 0 Å². The number of sulfonamides is 1. The Labute approximate surface area is 111 Å². The van der Waals surface area contributed by atoms with Crippen molar-refractivity contribution in [2.45, 2.75) is 11.1 Å². The first-order valence-corrected chi connectivity index (χ1v) is 6.55. The predicted molar refractivity (Wildman–Crippen MR) is 60.8 cm³/mol. The van der Waals surface area contributed by atoms with Gasteiger partial charge < -0.3 is 5.73 Å². The third-order valence-electron chi connectivity index (χ3n) is 1.97. The van der Waals surface area contributed by atoms with Gasteiger partial charge in [-0.05, 0) is 18.2 Å². The zero-order valence-corrected chi connectivity index (χ0v) is 10.7. The van der Waals surface area contributed by atoms with Crippen LogP contribution in [0.4, 0.5) is 13.2 Å². The smallest absolute Gasteiger partial charge is 0.369 e. The number of halogens is 4. The first-order chi connectivity index (χ1) is 8.54. The van der Waals surface area contributed by atoms with E-state index in [1.807, 2.05) is 0 Å². The molecule has 1 amide bonds. The Kier molecular flexibility index (Phi) is 4.43. The second-order valence-corrected chi connectivity index (χ2v) is 5.60. The molecule has 0 aliphatic heterocycles. The van der Waals surface area contributed by atoms with E-state index in [1.165, 1.54) is 0 Å². The topological polar surface area (TPSA) is 89.3 Å². The highest BCUT2D eigenvalue weighted by Gasteiger charge is 2.37. The van der Waals surface area contributed by atoms with E-state index in [0.29, 0.717) is 12.1 Å². The summed E-state index contributed by atoms with van der Waals surface area (Å²) >= 11 is 5.41. The number of nitrogens with two attached hydrogens (primary N) is 1. The van der Waals surface area contributed by atoms with Gasteiger partial charge in [-0.2, -0.15) is 13.2 Å². The fourth-order valence-corrected chi connectivity index (χ4v) is 2.57.